The number of nitrogens with one attached hydrogen (secondary N) is 1. The summed E-state index contributed by atoms with van der Waals surface area (Å²) in [5.41, 5.74) is 2.06. The van der Waals surface area contributed by atoms with Crippen LogP contribution in [-0.4, -0.2) is 52.7 Å². The van der Waals surface area contributed by atoms with Crippen LogP contribution in [0.15, 0.2) is 30.6 Å². The monoisotopic (exact) mass is 317 g/mol. The zero-order valence-corrected chi connectivity index (χ0v) is 13.6. The molecule has 0 saturated carbocycles. The number of rotatable bonds is 6. The molecule has 7 nitrogen and oxygen atoms in total. The van der Waals surface area contributed by atoms with E-state index in [0.29, 0.717) is 0 Å². The Morgan fingerprint density at radius 1 is 1.30 bits per heavy atom. The molecule has 0 spiro atoms. The van der Waals surface area contributed by atoms with Crippen molar-refractivity contribution in [3.05, 3.63) is 36.2 Å². The van der Waals surface area contributed by atoms with Gasteiger partial charge in [0.15, 0.2) is 0 Å². The highest BCUT2D eigenvalue weighted by Gasteiger charge is 2.32. The van der Waals surface area contributed by atoms with Gasteiger partial charge in [0.2, 0.25) is 0 Å². The van der Waals surface area contributed by atoms with Gasteiger partial charge in [-0.1, -0.05) is 12.1 Å². The summed E-state index contributed by atoms with van der Waals surface area (Å²) in [5, 5.41) is 14.8. The van der Waals surface area contributed by atoms with E-state index in [-0.39, 0.29) is 11.6 Å². The number of methoxy groups -OCH3 is 1. The predicted octanol–water partition coefficient (Wildman–Crippen LogP) is 1.51. The first-order chi connectivity index (χ1) is 11.2. The van der Waals surface area contributed by atoms with Crippen LogP contribution in [0.3, 0.4) is 0 Å². The molecule has 0 unspecified atom stereocenters. The van der Waals surface area contributed by atoms with Crippen LogP contribution in [0.4, 0.5) is 0 Å². The molecule has 124 valence electrons. The number of benzene rings is 1. The first-order valence-electron chi connectivity index (χ1n) is 7.92. The summed E-state index contributed by atoms with van der Waals surface area (Å²) >= 11 is 0. The predicted molar refractivity (Wildman–Crippen MR) is 85.4 cm³/mol. The van der Waals surface area contributed by atoms with Crippen molar-refractivity contribution >= 4 is 0 Å². The summed E-state index contributed by atoms with van der Waals surface area (Å²) in [4.78, 5) is 0. The first-order valence-corrected chi connectivity index (χ1v) is 7.92. The van der Waals surface area contributed by atoms with E-state index >= 15 is 0 Å². The van der Waals surface area contributed by atoms with Crippen molar-refractivity contribution in [2.24, 2.45) is 0 Å². The van der Waals surface area contributed by atoms with E-state index in [1.54, 1.807) is 18.1 Å². The number of ether oxygens (including phenoxy) is 2. The molecule has 1 aliphatic heterocycles. The Hall–Kier alpha value is -1.83. The molecular formula is C16H23N5O2. The van der Waals surface area contributed by atoms with Gasteiger partial charge >= 0.3 is 0 Å². The van der Waals surface area contributed by atoms with Crippen LogP contribution in [0.1, 0.15) is 31.4 Å². The lowest BCUT2D eigenvalue weighted by molar-refractivity contribution is -0.0885. The van der Waals surface area contributed by atoms with Crippen molar-refractivity contribution in [3.63, 3.8) is 0 Å². The fourth-order valence-electron chi connectivity index (χ4n) is 2.85. The molecule has 0 radical (unpaired) electrons. The highest BCUT2D eigenvalue weighted by atomic mass is 16.5. The van der Waals surface area contributed by atoms with Crippen LogP contribution < -0.4 is 5.32 Å². The molecule has 1 aromatic heterocycles. The van der Waals surface area contributed by atoms with Gasteiger partial charge in [0.05, 0.1) is 11.3 Å². The van der Waals surface area contributed by atoms with Crippen LogP contribution in [0.25, 0.3) is 5.69 Å². The summed E-state index contributed by atoms with van der Waals surface area (Å²) in [7, 11) is 1.79. The van der Waals surface area contributed by atoms with Crippen molar-refractivity contribution < 1.29 is 9.47 Å². The van der Waals surface area contributed by atoms with E-state index in [1.807, 2.05) is 12.1 Å². The molecule has 3 rings (SSSR count). The average Bonchev–Trinajstić information content (AvgIpc) is 3.15. The Labute approximate surface area is 136 Å². The van der Waals surface area contributed by atoms with E-state index < -0.39 is 0 Å². The van der Waals surface area contributed by atoms with Crippen molar-refractivity contribution in [2.75, 3.05) is 26.9 Å². The SMILES string of the molecule is COC1(CN[C@H](C)c2ccc(-n3cnnn3)cc2)CCOCC1. The minimum Gasteiger partial charge on any atom is -0.381 e. The maximum Gasteiger partial charge on any atom is 0.143 e. The standard InChI is InChI=1S/C16H23N5O2/c1-13(17-11-16(22-2)7-9-23-10-8-16)14-3-5-15(6-4-14)21-12-18-19-20-21/h3-6,12-13,17H,7-11H2,1-2H3/t13-/m1/s1. The summed E-state index contributed by atoms with van der Waals surface area (Å²) in [5.74, 6) is 0. The average molecular weight is 317 g/mol. The van der Waals surface area contributed by atoms with Gasteiger partial charge in [-0.25, -0.2) is 4.68 Å². The Morgan fingerprint density at radius 3 is 2.65 bits per heavy atom. The second-order valence-electron chi connectivity index (χ2n) is 5.95. The lowest BCUT2D eigenvalue weighted by Gasteiger charge is -2.37. The highest BCUT2D eigenvalue weighted by Crippen LogP contribution is 2.25. The van der Waals surface area contributed by atoms with Crippen LogP contribution in [0.5, 0.6) is 0 Å². The second-order valence-corrected chi connectivity index (χ2v) is 5.95. The fraction of sp³-hybridized carbons (Fsp3) is 0.562. The van der Waals surface area contributed by atoms with Crippen LogP contribution in [0.2, 0.25) is 0 Å². The minimum absolute atomic E-state index is 0.112. The molecule has 0 aliphatic carbocycles. The molecule has 7 heteroatoms. The van der Waals surface area contributed by atoms with Crippen LogP contribution in [0, 0.1) is 0 Å². The lowest BCUT2D eigenvalue weighted by Crippen LogP contribution is -2.47. The molecule has 2 heterocycles. The Morgan fingerprint density at radius 2 is 2.04 bits per heavy atom. The van der Waals surface area contributed by atoms with Gasteiger partial charge in [0.25, 0.3) is 0 Å². The first kappa shape index (κ1) is 16.0. The van der Waals surface area contributed by atoms with E-state index in [1.165, 1.54) is 5.56 Å². The van der Waals surface area contributed by atoms with Crippen molar-refractivity contribution in [3.8, 4) is 5.69 Å². The Bertz CT molecular complexity index is 593. The lowest BCUT2D eigenvalue weighted by atomic mass is 9.93. The van der Waals surface area contributed by atoms with Gasteiger partial charge in [-0.05, 0) is 35.0 Å². The van der Waals surface area contributed by atoms with Gasteiger partial charge in [-0.15, -0.1) is 5.10 Å². The number of aromatic nitrogens is 4. The smallest absolute Gasteiger partial charge is 0.143 e. The summed E-state index contributed by atoms with van der Waals surface area (Å²) < 4.78 is 12.8. The normalized spacial score (nSPS) is 18.7. The Balaban J connectivity index is 1.60. The fourth-order valence-corrected chi connectivity index (χ4v) is 2.85. The third kappa shape index (κ3) is 3.74. The van der Waals surface area contributed by atoms with E-state index in [9.17, 15) is 0 Å². The molecule has 23 heavy (non-hydrogen) atoms. The minimum atomic E-state index is -0.112. The highest BCUT2D eigenvalue weighted by molar-refractivity contribution is 5.34. The number of hydrogen-bond donors (Lipinski definition) is 1. The molecule has 2 aromatic rings. The summed E-state index contributed by atoms with van der Waals surface area (Å²) in [6, 6.07) is 8.47. The van der Waals surface area contributed by atoms with E-state index in [0.717, 1.165) is 38.3 Å². The van der Waals surface area contributed by atoms with Gasteiger partial charge in [0, 0.05) is 45.8 Å². The number of nitrogens with zero attached hydrogens (tertiary/aromatic N) is 4. The molecule has 1 N–H and O–H groups in total. The van der Waals surface area contributed by atoms with E-state index in [2.05, 4.69) is 39.9 Å². The molecule has 1 aromatic carbocycles. The molecule has 1 saturated heterocycles. The molecule has 0 amide bonds. The number of tetrazole rings is 1. The Kier molecular flexibility index (Phi) is 5.00. The van der Waals surface area contributed by atoms with Gasteiger partial charge in [0.1, 0.15) is 6.33 Å². The van der Waals surface area contributed by atoms with Crippen molar-refractivity contribution in [1.29, 1.82) is 0 Å². The quantitative estimate of drug-likeness (QED) is 0.870. The molecular weight excluding hydrogens is 294 g/mol. The molecule has 1 atom stereocenters. The third-order valence-electron chi connectivity index (χ3n) is 4.57. The summed E-state index contributed by atoms with van der Waals surface area (Å²) in [6.45, 7) is 4.52. The van der Waals surface area contributed by atoms with Gasteiger partial charge < -0.3 is 14.8 Å². The second kappa shape index (κ2) is 7.16. The third-order valence-corrected chi connectivity index (χ3v) is 4.57. The molecule has 1 fully saturated rings. The van der Waals surface area contributed by atoms with Crippen molar-refractivity contribution in [2.45, 2.75) is 31.4 Å². The topological polar surface area (TPSA) is 74.1 Å². The maximum atomic E-state index is 5.77. The number of hydrogen-bond acceptors (Lipinski definition) is 6. The van der Waals surface area contributed by atoms with Gasteiger partial charge in [-0.2, -0.15) is 0 Å². The largest absolute Gasteiger partial charge is 0.381 e. The molecule has 0 bridgehead atoms. The zero-order chi connectivity index (χ0) is 16.1. The summed E-state index contributed by atoms with van der Waals surface area (Å²) in [6.07, 6.45) is 3.45. The van der Waals surface area contributed by atoms with Gasteiger partial charge in [-0.3, -0.25) is 0 Å². The maximum absolute atomic E-state index is 5.77. The van der Waals surface area contributed by atoms with Crippen molar-refractivity contribution in [1.82, 2.24) is 25.5 Å². The molecule has 1 aliphatic rings. The van der Waals surface area contributed by atoms with Crippen LogP contribution in [-0.2, 0) is 9.47 Å². The van der Waals surface area contributed by atoms with E-state index in [4.69, 9.17) is 9.47 Å². The zero-order valence-electron chi connectivity index (χ0n) is 13.6. The van der Waals surface area contributed by atoms with Crippen LogP contribution >= 0.6 is 0 Å².